The highest BCUT2D eigenvalue weighted by Crippen LogP contribution is 2.36. The molecule has 1 N–H and O–H groups in total. The van der Waals surface area contributed by atoms with Crippen molar-refractivity contribution in [1.29, 1.82) is 0 Å². The van der Waals surface area contributed by atoms with Gasteiger partial charge in [0.25, 0.3) is 0 Å². The van der Waals surface area contributed by atoms with Gasteiger partial charge in [-0.3, -0.25) is 4.79 Å². The van der Waals surface area contributed by atoms with Crippen molar-refractivity contribution >= 4 is 50.6 Å². The van der Waals surface area contributed by atoms with Crippen LogP contribution in [0.4, 0.5) is 0 Å². The van der Waals surface area contributed by atoms with Gasteiger partial charge in [-0.2, -0.15) is 5.10 Å². The van der Waals surface area contributed by atoms with E-state index in [0.717, 1.165) is 5.39 Å². The van der Waals surface area contributed by atoms with Crippen LogP contribution >= 0.6 is 27.5 Å². The van der Waals surface area contributed by atoms with E-state index in [1.807, 2.05) is 0 Å². The van der Waals surface area contributed by atoms with Gasteiger partial charge >= 0.3 is 5.91 Å². The zero-order valence-corrected chi connectivity index (χ0v) is 17.2. The second-order valence-corrected chi connectivity index (χ2v) is 6.92. The molecule has 3 aromatic rings. The van der Waals surface area contributed by atoms with Crippen LogP contribution in [0.3, 0.4) is 0 Å². The van der Waals surface area contributed by atoms with Gasteiger partial charge in [0.05, 0.1) is 17.8 Å². The molecule has 0 bridgehead atoms. The van der Waals surface area contributed by atoms with Gasteiger partial charge in [-0.05, 0) is 57.9 Å². The summed E-state index contributed by atoms with van der Waals surface area (Å²) in [5.41, 5.74) is 3.70. The van der Waals surface area contributed by atoms with E-state index in [2.05, 4.69) is 33.0 Å². The van der Waals surface area contributed by atoms with Crippen LogP contribution in [0.15, 0.2) is 63.0 Å². The third kappa shape index (κ3) is 4.55. The van der Waals surface area contributed by atoms with E-state index in [9.17, 15) is 4.79 Å². The van der Waals surface area contributed by atoms with Gasteiger partial charge in [0.2, 0.25) is 0 Å². The maximum atomic E-state index is 12.2. The van der Waals surface area contributed by atoms with Crippen molar-refractivity contribution in [2.24, 2.45) is 5.10 Å². The summed E-state index contributed by atoms with van der Waals surface area (Å²) in [5, 5.41) is 5.28. The maximum absolute atomic E-state index is 12.2. The van der Waals surface area contributed by atoms with Crippen LogP contribution in [-0.2, 0) is 0 Å². The van der Waals surface area contributed by atoms with Crippen LogP contribution in [0.25, 0.3) is 11.0 Å². The average molecular weight is 464 g/mol. The summed E-state index contributed by atoms with van der Waals surface area (Å²) in [6.45, 7) is 3.97. The standard InChI is InChI=1S/C20H16BrClN2O4/c1-3-6-27-19-15(21)7-12(8-17(19)26-2)11-23-24-20(25)18-10-13-9-14(22)4-5-16(13)28-18/h3-5,7-11H,1,6H2,2H3,(H,24,25)/b23-11+. The van der Waals surface area contributed by atoms with Gasteiger partial charge in [0.1, 0.15) is 12.2 Å². The maximum Gasteiger partial charge on any atom is 0.307 e. The summed E-state index contributed by atoms with van der Waals surface area (Å²) in [5.74, 6) is 0.754. The molecule has 1 aromatic heterocycles. The number of carbonyl (C=O) groups is 1. The van der Waals surface area contributed by atoms with Crippen LogP contribution in [0.1, 0.15) is 16.1 Å². The molecule has 1 heterocycles. The molecule has 144 valence electrons. The van der Waals surface area contributed by atoms with Crippen molar-refractivity contribution < 1.29 is 18.7 Å². The Balaban J connectivity index is 1.73. The first-order chi connectivity index (χ1) is 13.5. The Morgan fingerprint density at radius 1 is 1.36 bits per heavy atom. The lowest BCUT2D eigenvalue weighted by Gasteiger charge is -2.12. The fourth-order valence-corrected chi connectivity index (χ4v) is 3.20. The van der Waals surface area contributed by atoms with Gasteiger partial charge in [-0.15, -0.1) is 0 Å². The molecule has 6 nitrogen and oxygen atoms in total. The number of nitrogens with one attached hydrogen (secondary N) is 1. The van der Waals surface area contributed by atoms with Gasteiger partial charge in [0.15, 0.2) is 17.3 Å². The van der Waals surface area contributed by atoms with Crippen LogP contribution in [0, 0.1) is 0 Å². The first-order valence-corrected chi connectivity index (χ1v) is 9.32. The van der Waals surface area contributed by atoms with Crippen LogP contribution in [-0.4, -0.2) is 25.8 Å². The summed E-state index contributed by atoms with van der Waals surface area (Å²) in [4.78, 5) is 12.2. The smallest absolute Gasteiger partial charge is 0.307 e. The average Bonchev–Trinajstić information content (AvgIpc) is 3.10. The predicted octanol–water partition coefficient (Wildman–Crippen LogP) is 5.19. The van der Waals surface area contributed by atoms with E-state index in [1.165, 1.54) is 6.21 Å². The largest absolute Gasteiger partial charge is 0.493 e. The number of rotatable bonds is 7. The van der Waals surface area contributed by atoms with Crippen LogP contribution in [0.2, 0.25) is 5.02 Å². The molecule has 0 aliphatic heterocycles. The number of furan rings is 1. The third-order valence-corrected chi connectivity index (χ3v) is 4.50. The minimum absolute atomic E-state index is 0.140. The topological polar surface area (TPSA) is 73.1 Å². The first kappa shape index (κ1) is 20.0. The van der Waals surface area contributed by atoms with E-state index in [1.54, 1.807) is 49.6 Å². The van der Waals surface area contributed by atoms with Gasteiger partial charge in [-0.1, -0.05) is 24.3 Å². The summed E-state index contributed by atoms with van der Waals surface area (Å²) in [6, 6.07) is 10.3. The number of hydrogen-bond acceptors (Lipinski definition) is 5. The quantitative estimate of drug-likeness (QED) is 0.297. The Morgan fingerprint density at radius 2 is 2.18 bits per heavy atom. The Morgan fingerprint density at radius 3 is 2.93 bits per heavy atom. The molecule has 0 saturated carbocycles. The summed E-state index contributed by atoms with van der Waals surface area (Å²) < 4.78 is 17.1. The molecule has 0 spiro atoms. The number of methoxy groups -OCH3 is 1. The normalized spacial score (nSPS) is 11.0. The SMILES string of the molecule is C=CCOc1c(Br)cc(/C=N/NC(=O)c2cc3cc(Cl)ccc3o2)cc1OC. The van der Waals surface area contributed by atoms with Crippen LogP contribution in [0.5, 0.6) is 11.5 Å². The molecular weight excluding hydrogens is 448 g/mol. The highest BCUT2D eigenvalue weighted by Gasteiger charge is 2.13. The van der Waals surface area contributed by atoms with Gasteiger partial charge in [0, 0.05) is 10.4 Å². The molecular formula is C20H16BrClN2O4. The molecule has 0 aliphatic carbocycles. The first-order valence-electron chi connectivity index (χ1n) is 8.15. The Kier molecular flexibility index (Phi) is 6.38. The number of benzene rings is 2. The summed E-state index contributed by atoms with van der Waals surface area (Å²) >= 11 is 9.38. The van der Waals surface area contributed by atoms with Crippen molar-refractivity contribution in [2.75, 3.05) is 13.7 Å². The van der Waals surface area contributed by atoms with Crippen molar-refractivity contribution in [3.63, 3.8) is 0 Å². The minimum Gasteiger partial charge on any atom is -0.493 e. The number of halogens is 2. The second kappa shape index (κ2) is 8.95. The molecule has 1 amide bonds. The number of carbonyl (C=O) groups excluding carboxylic acids is 1. The Hall–Kier alpha value is -2.77. The van der Waals surface area contributed by atoms with Crippen molar-refractivity contribution in [3.05, 3.63) is 69.9 Å². The predicted molar refractivity (Wildman–Crippen MR) is 113 cm³/mol. The molecule has 0 fully saturated rings. The monoisotopic (exact) mass is 462 g/mol. The molecule has 0 unspecified atom stereocenters. The number of hydrogen-bond donors (Lipinski definition) is 1. The number of amides is 1. The molecule has 8 heteroatoms. The lowest BCUT2D eigenvalue weighted by atomic mass is 10.2. The second-order valence-electron chi connectivity index (χ2n) is 5.63. The summed E-state index contributed by atoms with van der Waals surface area (Å²) in [6.07, 6.45) is 3.13. The number of ether oxygens (including phenoxy) is 2. The van der Waals surface area contributed by atoms with Crippen molar-refractivity contribution in [3.8, 4) is 11.5 Å². The molecule has 0 radical (unpaired) electrons. The third-order valence-electron chi connectivity index (χ3n) is 3.68. The van der Waals surface area contributed by atoms with E-state index in [-0.39, 0.29) is 5.76 Å². The van der Waals surface area contributed by atoms with E-state index in [4.69, 9.17) is 25.5 Å². The van der Waals surface area contributed by atoms with Gasteiger partial charge in [-0.25, -0.2) is 5.43 Å². The molecule has 0 saturated heterocycles. The van der Waals surface area contributed by atoms with Crippen LogP contribution < -0.4 is 14.9 Å². The fourth-order valence-electron chi connectivity index (χ4n) is 2.44. The Bertz CT molecular complexity index is 1060. The molecule has 2 aromatic carbocycles. The van der Waals surface area contributed by atoms with E-state index in [0.29, 0.717) is 38.7 Å². The fraction of sp³-hybridized carbons (Fsp3) is 0.100. The van der Waals surface area contributed by atoms with E-state index >= 15 is 0 Å². The highest BCUT2D eigenvalue weighted by molar-refractivity contribution is 9.10. The molecule has 0 aliphatic rings. The molecule has 28 heavy (non-hydrogen) atoms. The van der Waals surface area contributed by atoms with Gasteiger partial charge < -0.3 is 13.9 Å². The number of hydrazone groups is 1. The minimum atomic E-state index is -0.472. The molecule has 0 atom stereocenters. The van der Waals surface area contributed by atoms with Crippen molar-refractivity contribution in [2.45, 2.75) is 0 Å². The zero-order chi connectivity index (χ0) is 20.1. The number of fused-ring (bicyclic) bond motifs is 1. The lowest BCUT2D eigenvalue weighted by Crippen LogP contribution is -2.16. The summed E-state index contributed by atoms with van der Waals surface area (Å²) in [7, 11) is 1.54. The Labute approximate surface area is 174 Å². The lowest BCUT2D eigenvalue weighted by molar-refractivity contribution is 0.0929. The van der Waals surface area contributed by atoms with Crippen molar-refractivity contribution in [1.82, 2.24) is 5.43 Å². The highest BCUT2D eigenvalue weighted by atomic mass is 79.9. The molecule has 3 rings (SSSR count). The zero-order valence-electron chi connectivity index (χ0n) is 14.9. The van der Waals surface area contributed by atoms with E-state index < -0.39 is 5.91 Å². The number of nitrogens with zero attached hydrogens (tertiary/aromatic N) is 1.